The third kappa shape index (κ3) is 2.80. The minimum atomic E-state index is -0.570. The number of para-hydroxylation sites is 2. The highest BCUT2D eigenvalue weighted by molar-refractivity contribution is 5.92. The van der Waals surface area contributed by atoms with Crippen LogP contribution in [0.4, 0.5) is 16.2 Å². The highest BCUT2D eigenvalue weighted by Gasteiger charge is 2.13. The molecule has 0 aliphatic heterocycles. The van der Waals surface area contributed by atoms with Gasteiger partial charge in [-0.25, -0.2) is 4.79 Å². The van der Waals surface area contributed by atoms with Crippen LogP contribution in [0.3, 0.4) is 0 Å². The molecule has 15 heavy (non-hydrogen) atoms. The molecule has 0 aliphatic rings. The van der Waals surface area contributed by atoms with E-state index in [1.807, 2.05) is 0 Å². The van der Waals surface area contributed by atoms with Crippen LogP contribution in [0.15, 0.2) is 37.0 Å². The monoisotopic (exact) mass is 207 g/mol. The first-order chi connectivity index (χ1) is 7.15. The minimum absolute atomic E-state index is 0.141. The molecule has 0 fully saturated rings. The second-order valence-electron chi connectivity index (χ2n) is 2.58. The number of urea groups is 1. The first kappa shape index (κ1) is 10.7. The standard InChI is InChI=1S/C9H9N3O3/c1-2-10-9(13)11-7-5-3-4-6-8(7)12(14)15/h2-6H,1H2,(H2,10,11,13). The Morgan fingerprint density at radius 3 is 2.73 bits per heavy atom. The molecule has 0 saturated heterocycles. The van der Waals surface area contributed by atoms with Crippen LogP contribution in [-0.2, 0) is 0 Å². The maximum Gasteiger partial charge on any atom is 0.323 e. The number of rotatable bonds is 3. The number of carbonyl (C=O) groups is 1. The van der Waals surface area contributed by atoms with Crippen LogP contribution in [0.1, 0.15) is 0 Å². The van der Waals surface area contributed by atoms with E-state index in [0.29, 0.717) is 0 Å². The van der Waals surface area contributed by atoms with Crippen molar-refractivity contribution in [1.82, 2.24) is 5.32 Å². The lowest BCUT2D eigenvalue weighted by Gasteiger charge is -2.04. The largest absolute Gasteiger partial charge is 0.323 e. The second-order valence-corrected chi connectivity index (χ2v) is 2.58. The Balaban J connectivity index is 2.89. The molecule has 6 nitrogen and oxygen atoms in total. The van der Waals surface area contributed by atoms with Gasteiger partial charge in [0.05, 0.1) is 4.92 Å². The number of hydrogen-bond donors (Lipinski definition) is 2. The molecule has 0 aliphatic carbocycles. The Hall–Kier alpha value is -2.37. The maximum absolute atomic E-state index is 11.1. The lowest BCUT2D eigenvalue weighted by atomic mass is 10.3. The second kappa shape index (κ2) is 4.75. The fourth-order valence-electron chi connectivity index (χ4n) is 0.990. The summed E-state index contributed by atoms with van der Waals surface area (Å²) < 4.78 is 0. The summed E-state index contributed by atoms with van der Waals surface area (Å²) in [5.74, 6) is 0. The van der Waals surface area contributed by atoms with Gasteiger partial charge in [-0.3, -0.25) is 10.1 Å². The number of nitro groups is 1. The Bertz CT molecular complexity index is 403. The molecule has 6 heteroatoms. The predicted molar refractivity (Wildman–Crippen MR) is 55.4 cm³/mol. The van der Waals surface area contributed by atoms with Gasteiger partial charge in [-0.15, -0.1) is 0 Å². The molecule has 2 N–H and O–H groups in total. The van der Waals surface area contributed by atoms with Crippen molar-refractivity contribution in [3.8, 4) is 0 Å². The van der Waals surface area contributed by atoms with Gasteiger partial charge in [0.25, 0.3) is 5.69 Å². The third-order valence-electron chi connectivity index (χ3n) is 1.58. The lowest BCUT2D eigenvalue weighted by molar-refractivity contribution is -0.383. The summed E-state index contributed by atoms with van der Waals surface area (Å²) in [5.41, 5.74) is -0.0152. The molecular weight excluding hydrogens is 198 g/mol. The molecule has 0 aromatic heterocycles. The Labute approximate surface area is 85.8 Å². The van der Waals surface area contributed by atoms with Gasteiger partial charge in [0.1, 0.15) is 5.69 Å². The molecule has 0 saturated carbocycles. The maximum atomic E-state index is 11.1. The van der Waals surface area contributed by atoms with Crippen molar-refractivity contribution in [1.29, 1.82) is 0 Å². The molecule has 0 unspecified atom stereocenters. The van der Waals surface area contributed by atoms with Gasteiger partial charge in [-0.05, 0) is 12.3 Å². The molecule has 0 radical (unpaired) electrons. The van der Waals surface area contributed by atoms with Gasteiger partial charge < -0.3 is 10.6 Å². The average Bonchev–Trinajstić information content (AvgIpc) is 2.18. The van der Waals surface area contributed by atoms with E-state index >= 15 is 0 Å². The third-order valence-corrected chi connectivity index (χ3v) is 1.58. The highest BCUT2D eigenvalue weighted by Crippen LogP contribution is 2.22. The van der Waals surface area contributed by atoms with Crippen molar-refractivity contribution in [2.45, 2.75) is 0 Å². The van der Waals surface area contributed by atoms with Crippen molar-refractivity contribution in [2.75, 3.05) is 5.32 Å². The summed E-state index contributed by atoms with van der Waals surface area (Å²) in [5, 5.41) is 15.2. The Morgan fingerprint density at radius 1 is 1.47 bits per heavy atom. The van der Waals surface area contributed by atoms with Crippen LogP contribution in [0.2, 0.25) is 0 Å². The van der Waals surface area contributed by atoms with Crippen LogP contribution in [0, 0.1) is 10.1 Å². The number of amides is 2. The number of nitrogens with one attached hydrogen (secondary N) is 2. The quantitative estimate of drug-likeness (QED) is 0.586. The van der Waals surface area contributed by atoms with Crippen molar-refractivity contribution < 1.29 is 9.72 Å². The van der Waals surface area contributed by atoms with Gasteiger partial charge in [-0.2, -0.15) is 0 Å². The minimum Gasteiger partial charge on any atom is -0.315 e. The van der Waals surface area contributed by atoms with E-state index in [1.54, 1.807) is 6.07 Å². The van der Waals surface area contributed by atoms with Crippen molar-refractivity contribution in [3.63, 3.8) is 0 Å². The topological polar surface area (TPSA) is 84.3 Å². The molecule has 1 rings (SSSR count). The van der Waals surface area contributed by atoms with Gasteiger partial charge in [-0.1, -0.05) is 18.7 Å². The number of nitro benzene ring substituents is 1. The molecule has 1 aromatic rings. The molecule has 0 heterocycles. The van der Waals surface area contributed by atoms with E-state index in [1.165, 1.54) is 24.4 Å². The summed E-state index contributed by atoms with van der Waals surface area (Å²) >= 11 is 0. The summed E-state index contributed by atoms with van der Waals surface area (Å²) in [4.78, 5) is 21.1. The fourth-order valence-corrected chi connectivity index (χ4v) is 0.990. The average molecular weight is 207 g/mol. The summed E-state index contributed by atoms with van der Waals surface area (Å²) in [7, 11) is 0. The highest BCUT2D eigenvalue weighted by atomic mass is 16.6. The van der Waals surface area contributed by atoms with Crippen molar-refractivity contribution in [3.05, 3.63) is 47.2 Å². The number of hydrogen-bond acceptors (Lipinski definition) is 3. The molecule has 0 spiro atoms. The number of nitrogens with zero attached hydrogens (tertiary/aromatic N) is 1. The zero-order valence-electron chi connectivity index (χ0n) is 7.77. The van der Waals surface area contributed by atoms with Crippen LogP contribution < -0.4 is 10.6 Å². The van der Waals surface area contributed by atoms with E-state index in [2.05, 4.69) is 17.2 Å². The molecule has 0 bridgehead atoms. The summed E-state index contributed by atoms with van der Waals surface area (Å²) in [6.45, 7) is 3.29. The zero-order valence-corrected chi connectivity index (χ0v) is 7.77. The first-order valence-electron chi connectivity index (χ1n) is 4.07. The van der Waals surface area contributed by atoms with E-state index in [-0.39, 0.29) is 11.4 Å². The van der Waals surface area contributed by atoms with Gasteiger partial charge in [0.15, 0.2) is 0 Å². The van der Waals surface area contributed by atoms with E-state index in [9.17, 15) is 14.9 Å². The molecule has 78 valence electrons. The SMILES string of the molecule is C=CNC(=O)Nc1ccccc1[N+](=O)[O-]. The number of carbonyl (C=O) groups excluding carboxylic acids is 1. The molecular formula is C9H9N3O3. The first-order valence-corrected chi connectivity index (χ1v) is 4.07. The van der Waals surface area contributed by atoms with Gasteiger partial charge in [0.2, 0.25) is 0 Å². The predicted octanol–water partition coefficient (Wildman–Crippen LogP) is 1.86. The van der Waals surface area contributed by atoms with E-state index in [0.717, 1.165) is 0 Å². The van der Waals surface area contributed by atoms with Crippen LogP contribution >= 0.6 is 0 Å². The van der Waals surface area contributed by atoms with Crippen LogP contribution in [-0.4, -0.2) is 11.0 Å². The van der Waals surface area contributed by atoms with Gasteiger partial charge >= 0.3 is 6.03 Å². The Kier molecular flexibility index (Phi) is 3.39. The lowest BCUT2D eigenvalue weighted by Crippen LogP contribution is -2.23. The molecule has 2 amide bonds. The Morgan fingerprint density at radius 2 is 2.13 bits per heavy atom. The van der Waals surface area contributed by atoms with Crippen LogP contribution in [0.25, 0.3) is 0 Å². The van der Waals surface area contributed by atoms with Crippen molar-refractivity contribution >= 4 is 17.4 Å². The summed E-state index contributed by atoms with van der Waals surface area (Å²) in [6, 6.07) is 5.30. The van der Waals surface area contributed by atoms with Crippen molar-refractivity contribution in [2.24, 2.45) is 0 Å². The fraction of sp³-hybridized carbons (Fsp3) is 0. The molecule has 0 atom stereocenters. The van der Waals surface area contributed by atoms with Crippen LogP contribution in [0.5, 0.6) is 0 Å². The van der Waals surface area contributed by atoms with E-state index in [4.69, 9.17) is 0 Å². The smallest absolute Gasteiger partial charge is 0.315 e. The number of anilines is 1. The number of benzene rings is 1. The zero-order chi connectivity index (χ0) is 11.3. The van der Waals surface area contributed by atoms with Gasteiger partial charge in [0, 0.05) is 6.07 Å². The summed E-state index contributed by atoms with van der Waals surface area (Å²) in [6.07, 6.45) is 1.18. The normalized spacial score (nSPS) is 9.07. The van der Waals surface area contributed by atoms with E-state index < -0.39 is 11.0 Å². The molecule has 1 aromatic carbocycles.